The van der Waals surface area contributed by atoms with Gasteiger partial charge in [0.1, 0.15) is 0 Å². The summed E-state index contributed by atoms with van der Waals surface area (Å²) in [6.45, 7) is 0.441. The molecule has 4 aromatic rings. The molecule has 0 saturated heterocycles. The number of furan rings is 1. The first-order valence-corrected chi connectivity index (χ1v) is 11.1. The van der Waals surface area contributed by atoms with Crippen LogP contribution in [0.1, 0.15) is 26.7 Å². The highest BCUT2D eigenvalue weighted by molar-refractivity contribution is 7.14. The van der Waals surface area contributed by atoms with E-state index in [1.54, 1.807) is 33.7 Å². The lowest BCUT2D eigenvalue weighted by molar-refractivity contribution is -0.118. The molecule has 0 fully saturated rings. The maximum absolute atomic E-state index is 13.2. The molecule has 2 amide bonds. The molecule has 0 aliphatic rings. The second kappa shape index (κ2) is 9.43. The summed E-state index contributed by atoms with van der Waals surface area (Å²) in [6.07, 6.45) is 7.06. The molecule has 0 spiro atoms. The summed E-state index contributed by atoms with van der Waals surface area (Å²) >= 11 is 2.84. The number of hydrogen-bond donors (Lipinski definition) is 1. The third kappa shape index (κ3) is 5.09. The molecule has 8 heteroatoms. The lowest BCUT2D eigenvalue weighted by Gasteiger charge is -2.22. The van der Waals surface area contributed by atoms with Crippen LogP contribution < -0.4 is 10.2 Å². The van der Waals surface area contributed by atoms with E-state index in [1.807, 2.05) is 41.8 Å². The standard InChI is InChI=1S/C23H17N3O3S2/c1-2-16-6-3-7-18(12-16)26(14-19-8-5-11-30-19)21(27)13-17-15-31-23(24-17)25-22(28)20-9-4-10-29-20/h1,3-12,15H,13-14H2,(H,24,25,28). The van der Waals surface area contributed by atoms with Crippen molar-refractivity contribution in [3.63, 3.8) is 0 Å². The fourth-order valence-corrected chi connectivity index (χ4v) is 4.31. The van der Waals surface area contributed by atoms with Crippen LogP contribution in [0.4, 0.5) is 10.8 Å². The van der Waals surface area contributed by atoms with Crippen LogP contribution in [0.5, 0.6) is 0 Å². The van der Waals surface area contributed by atoms with Crippen molar-refractivity contribution in [1.29, 1.82) is 0 Å². The van der Waals surface area contributed by atoms with Crippen molar-refractivity contribution in [3.8, 4) is 12.3 Å². The average Bonchev–Trinajstić information content (AvgIpc) is 3.55. The minimum atomic E-state index is -0.386. The number of carbonyl (C=O) groups excluding carboxylic acids is 2. The molecule has 31 heavy (non-hydrogen) atoms. The van der Waals surface area contributed by atoms with Gasteiger partial charge in [0.2, 0.25) is 5.91 Å². The van der Waals surface area contributed by atoms with Crippen molar-refractivity contribution in [2.24, 2.45) is 0 Å². The van der Waals surface area contributed by atoms with E-state index in [0.29, 0.717) is 22.9 Å². The zero-order valence-electron chi connectivity index (χ0n) is 16.3. The Morgan fingerprint density at radius 2 is 2.06 bits per heavy atom. The fraction of sp³-hybridized carbons (Fsp3) is 0.0870. The zero-order chi connectivity index (χ0) is 21.6. The predicted octanol–water partition coefficient (Wildman–Crippen LogP) is 4.81. The van der Waals surface area contributed by atoms with Crippen molar-refractivity contribution < 1.29 is 14.0 Å². The highest BCUT2D eigenvalue weighted by atomic mass is 32.1. The smallest absolute Gasteiger partial charge is 0.293 e. The van der Waals surface area contributed by atoms with Crippen LogP contribution in [0.25, 0.3) is 0 Å². The molecule has 0 bridgehead atoms. The van der Waals surface area contributed by atoms with Gasteiger partial charge in [0.25, 0.3) is 5.91 Å². The Kier molecular flexibility index (Phi) is 6.26. The molecular formula is C23H17N3O3S2. The number of benzene rings is 1. The van der Waals surface area contributed by atoms with Crippen LogP contribution in [0, 0.1) is 12.3 Å². The minimum absolute atomic E-state index is 0.0960. The summed E-state index contributed by atoms with van der Waals surface area (Å²) in [5, 5.41) is 6.82. The van der Waals surface area contributed by atoms with Gasteiger partial charge in [-0.1, -0.05) is 18.1 Å². The van der Waals surface area contributed by atoms with Gasteiger partial charge < -0.3 is 9.32 Å². The number of terminal acetylenes is 1. The first-order chi connectivity index (χ1) is 15.1. The van der Waals surface area contributed by atoms with Crippen LogP contribution in [0.3, 0.4) is 0 Å². The van der Waals surface area contributed by atoms with E-state index < -0.39 is 0 Å². The van der Waals surface area contributed by atoms with Gasteiger partial charge in [-0.25, -0.2) is 4.98 Å². The normalized spacial score (nSPS) is 10.4. The van der Waals surface area contributed by atoms with Gasteiger partial charge in [-0.3, -0.25) is 14.9 Å². The van der Waals surface area contributed by atoms with Crippen LogP contribution in [0.15, 0.2) is 70.0 Å². The van der Waals surface area contributed by atoms with Crippen LogP contribution >= 0.6 is 22.7 Å². The third-order valence-corrected chi connectivity index (χ3v) is 6.04. The van der Waals surface area contributed by atoms with Crippen molar-refractivity contribution >= 4 is 45.3 Å². The van der Waals surface area contributed by atoms with E-state index in [9.17, 15) is 9.59 Å². The largest absolute Gasteiger partial charge is 0.459 e. The first kappa shape index (κ1) is 20.6. The van der Waals surface area contributed by atoms with E-state index in [0.717, 1.165) is 10.6 Å². The Morgan fingerprint density at radius 3 is 2.81 bits per heavy atom. The molecule has 1 N–H and O–H groups in total. The van der Waals surface area contributed by atoms with Crippen molar-refractivity contribution in [2.45, 2.75) is 13.0 Å². The average molecular weight is 448 g/mol. The van der Waals surface area contributed by atoms with Gasteiger partial charge in [0.15, 0.2) is 10.9 Å². The Balaban J connectivity index is 1.50. The highest BCUT2D eigenvalue weighted by Crippen LogP contribution is 2.23. The van der Waals surface area contributed by atoms with Crippen molar-refractivity contribution in [2.75, 3.05) is 10.2 Å². The maximum atomic E-state index is 13.2. The van der Waals surface area contributed by atoms with Crippen molar-refractivity contribution in [3.05, 3.63) is 87.4 Å². The quantitative estimate of drug-likeness (QED) is 0.413. The molecule has 0 unspecified atom stereocenters. The van der Waals surface area contributed by atoms with Gasteiger partial charge >= 0.3 is 0 Å². The number of hydrogen-bond acceptors (Lipinski definition) is 6. The molecule has 0 radical (unpaired) electrons. The number of amides is 2. The van der Waals surface area contributed by atoms with Crippen LogP contribution in [0.2, 0.25) is 0 Å². The lowest BCUT2D eigenvalue weighted by atomic mass is 10.1. The van der Waals surface area contributed by atoms with Crippen LogP contribution in [-0.2, 0) is 17.8 Å². The Morgan fingerprint density at radius 1 is 1.16 bits per heavy atom. The van der Waals surface area contributed by atoms with Crippen molar-refractivity contribution in [1.82, 2.24) is 4.98 Å². The number of aromatic nitrogens is 1. The molecule has 0 aliphatic carbocycles. The number of nitrogens with one attached hydrogen (secondary N) is 1. The number of thiazole rings is 1. The fourth-order valence-electron chi connectivity index (χ4n) is 2.91. The molecule has 154 valence electrons. The molecular weight excluding hydrogens is 430 g/mol. The van der Waals surface area contributed by atoms with Gasteiger partial charge in [-0.15, -0.1) is 29.1 Å². The molecule has 1 aromatic carbocycles. The Labute approximate surface area is 187 Å². The van der Waals surface area contributed by atoms with Crippen LogP contribution in [-0.4, -0.2) is 16.8 Å². The molecule has 0 saturated carbocycles. The Hall–Kier alpha value is -3.67. The highest BCUT2D eigenvalue weighted by Gasteiger charge is 2.20. The number of thiophene rings is 1. The summed E-state index contributed by atoms with van der Waals surface area (Å²) in [6, 6.07) is 14.5. The SMILES string of the molecule is C#Cc1cccc(N(Cc2cccs2)C(=O)Cc2csc(NC(=O)c3ccco3)n2)c1. The molecule has 0 aliphatic heterocycles. The monoisotopic (exact) mass is 447 g/mol. The number of rotatable bonds is 7. The summed E-state index contributed by atoms with van der Waals surface area (Å²) in [4.78, 5) is 32.4. The zero-order valence-corrected chi connectivity index (χ0v) is 17.9. The van der Waals surface area contributed by atoms with E-state index in [1.165, 1.54) is 17.6 Å². The van der Waals surface area contributed by atoms with E-state index in [2.05, 4.69) is 16.2 Å². The second-order valence-corrected chi connectivity index (χ2v) is 8.40. The molecule has 3 heterocycles. The molecule has 3 aromatic heterocycles. The predicted molar refractivity (Wildman–Crippen MR) is 122 cm³/mol. The van der Waals surface area contributed by atoms with Gasteiger partial charge in [-0.2, -0.15) is 0 Å². The summed E-state index contributed by atoms with van der Waals surface area (Å²) in [5.41, 5.74) is 2.02. The number of carbonyl (C=O) groups is 2. The Bertz CT molecular complexity index is 1220. The van der Waals surface area contributed by atoms with E-state index in [-0.39, 0.29) is 24.0 Å². The minimum Gasteiger partial charge on any atom is -0.459 e. The number of nitrogens with zero attached hydrogens (tertiary/aromatic N) is 2. The number of anilines is 2. The molecule has 0 atom stereocenters. The van der Waals surface area contributed by atoms with Gasteiger partial charge in [0, 0.05) is 21.5 Å². The topological polar surface area (TPSA) is 75.4 Å². The molecule has 6 nitrogen and oxygen atoms in total. The second-order valence-electron chi connectivity index (χ2n) is 6.51. The van der Waals surface area contributed by atoms with E-state index >= 15 is 0 Å². The first-order valence-electron chi connectivity index (χ1n) is 9.31. The van der Waals surface area contributed by atoms with Gasteiger partial charge in [0.05, 0.1) is 24.9 Å². The maximum Gasteiger partial charge on any atom is 0.293 e. The van der Waals surface area contributed by atoms with E-state index in [4.69, 9.17) is 10.8 Å². The van der Waals surface area contributed by atoms with Gasteiger partial charge in [-0.05, 0) is 41.8 Å². The molecule has 4 rings (SSSR count). The third-order valence-electron chi connectivity index (χ3n) is 4.37. The lowest BCUT2D eigenvalue weighted by Crippen LogP contribution is -2.31. The summed E-state index contributed by atoms with van der Waals surface area (Å²) in [5.74, 6) is 2.31. The summed E-state index contributed by atoms with van der Waals surface area (Å²) < 4.78 is 5.08. The summed E-state index contributed by atoms with van der Waals surface area (Å²) in [7, 11) is 0.